The number of hydrogen-bond donors (Lipinski definition) is 1. The second kappa shape index (κ2) is 7.55. The summed E-state index contributed by atoms with van der Waals surface area (Å²) in [6.07, 6.45) is 3.53. The van der Waals surface area contributed by atoms with Crippen molar-refractivity contribution >= 4 is 23.5 Å². The first-order valence-corrected chi connectivity index (χ1v) is 8.68. The number of carbonyl (C=O) groups excluding carboxylic acids is 3. The van der Waals surface area contributed by atoms with Gasteiger partial charge in [-0.2, -0.15) is 0 Å². The van der Waals surface area contributed by atoms with E-state index in [-0.39, 0.29) is 24.8 Å². The normalized spacial score (nSPS) is 18.1. The fourth-order valence-electron chi connectivity index (χ4n) is 3.22. The highest BCUT2D eigenvalue weighted by Crippen LogP contribution is 2.29. The van der Waals surface area contributed by atoms with Gasteiger partial charge >= 0.3 is 6.03 Å². The molecule has 0 bridgehead atoms. The summed E-state index contributed by atoms with van der Waals surface area (Å²) in [6.45, 7) is 3.77. The van der Waals surface area contributed by atoms with Gasteiger partial charge in [-0.25, -0.2) is 4.79 Å². The van der Waals surface area contributed by atoms with E-state index in [1.54, 1.807) is 12.1 Å². The summed E-state index contributed by atoms with van der Waals surface area (Å²) >= 11 is 0. The van der Waals surface area contributed by atoms with Crippen LogP contribution in [-0.2, 0) is 9.59 Å². The van der Waals surface area contributed by atoms with Gasteiger partial charge < -0.3 is 9.64 Å². The molecule has 7 heteroatoms. The summed E-state index contributed by atoms with van der Waals surface area (Å²) in [5.41, 5.74) is 1.46. The quantitative estimate of drug-likeness (QED) is 0.903. The number of nitrogens with zero attached hydrogens (tertiary/aromatic N) is 2. The first kappa shape index (κ1) is 17.3. The van der Waals surface area contributed by atoms with Gasteiger partial charge in [0.25, 0.3) is 5.91 Å². The first-order valence-electron chi connectivity index (χ1n) is 8.68. The van der Waals surface area contributed by atoms with Crippen molar-refractivity contribution in [3.05, 3.63) is 23.8 Å². The fraction of sp³-hybridized carbons (Fsp3) is 0.500. The van der Waals surface area contributed by atoms with Crippen LogP contribution in [0.15, 0.2) is 18.2 Å². The van der Waals surface area contributed by atoms with Crippen LogP contribution in [-0.4, -0.2) is 49.0 Å². The topological polar surface area (TPSA) is 79.0 Å². The number of carbonyl (C=O) groups is 3. The summed E-state index contributed by atoms with van der Waals surface area (Å²) in [4.78, 5) is 38.9. The van der Waals surface area contributed by atoms with E-state index >= 15 is 0 Å². The zero-order valence-corrected chi connectivity index (χ0v) is 14.4. The van der Waals surface area contributed by atoms with Gasteiger partial charge in [0.15, 0.2) is 6.61 Å². The summed E-state index contributed by atoms with van der Waals surface area (Å²) in [7, 11) is 0. The van der Waals surface area contributed by atoms with Crippen molar-refractivity contribution in [2.45, 2.75) is 32.6 Å². The van der Waals surface area contributed by atoms with Gasteiger partial charge in [0.05, 0.1) is 5.69 Å². The lowest BCUT2D eigenvalue weighted by molar-refractivity contribution is -0.134. The van der Waals surface area contributed by atoms with Crippen LogP contribution in [0.25, 0.3) is 0 Å². The third-order valence-corrected chi connectivity index (χ3v) is 4.66. The Kier molecular flexibility index (Phi) is 5.21. The zero-order valence-electron chi connectivity index (χ0n) is 14.4. The number of amides is 4. The van der Waals surface area contributed by atoms with Crippen molar-refractivity contribution in [3.8, 4) is 5.75 Å². The predicted molar refractivity (Wildman–Crippen MR) is 92.6 cm³/mol. The van der Waals surface area contributed by atoms with Crippen molar-refractivity contribution in [2.24, 2.45) is 0 Å². The fourth-order valence-corrected chi connectivity index (χ4v) is 3.22. The van der Waals surface area contributed by atoms with E-state index in [1.807, 2.05) is 17.9 Å². The zero-order chi connectivity index (χ0) is 17.8. The molecule has 0 unspecified atom stereocenters. The van der Waals surface area contributed by atoms with Gasteiger partial charge in [0.1, 0.15) is 5.75 Å². The SMILES string of the molecule is Cc1c(OCC(=O)N2CCCCC2)cccc1N1CCC(=O)NC1=O. The van der Waals surface area contributed by atoms with Crippen molar-refractivity contribution in [1.82, 2.24) is 10.2 Å². The lowest BCUT2D eigenvalue weighted by atomic mass is 10.1. The Labute approximate surface area is 146 Å². The predicted octanol–water partition coefficient (Wildman–Crippen LogP) is 1.83. The highest BCUT2D eigenvalue weighted by atomic mass is 16.5. The number of anilines is 1. The summed E-state index contributed by atoms with van der Waals surface area (Å²) < 4.78 is 5.72. The van der Waals surface area contributed by atoms with Crippen molar-refractivity contribution in [2.75, 3.05) is 31.1 Å². The van der Waals surface area contributed by atoms with Gasteiger partial charge in [-0.15, -0.1) is 0 Å². The highest BCUT2D eigenvalue weighted by Gasteiger charge is 2.26. The molecular formula is C18H23N3O4. The van der Waals surface area contributed by atoms with E-state index in [4.69, 9.17) is 4.74 Å². The standard InChI is InChI=1S/C18H23N3O4/c1-13-14(21-11-8-16(22)19-18(21)24)6-5-7-15(13)25-12-17(23)20-9-3-2-4-10-20/h5-7H,2-4,8-12H2,1H3,(H,19,22,24). The van der Waals surface area contributed by atoms with E-state index in [0.29, 0.717) is 18.0 Å². The van der Waals surface area contributed by atoms with E-state index in [1.165, 1.54) is 11.3 Å². The molecule has 0 saturated carbocycles. The molecule has 2 fully saturated rings. The number of imide groups is 1. The molecule has 2 aliphatic rings. The number of hydrogen-bond acceptors (Lipinski definition) is 4. The maximum atomic E-state index is 12.2. The van der Waals surface area contributed by atoms with Crippen molar-refractivity contribution < 1.29 is 19.1 Å². The van der Waals surface area contributed by atoms with Crippen LogP contribution in [0.2, 0.25) is 0 Å². The molecule has 1 N–H and O–H groups in total. The van der Waals surface area contributed by atoms with Crippen LogP contribution in [0.3, 0.4) is 0 Å². The van der Waals surface area contributed by atoms with Crippen molar-refractivity contribution in [1.29, 1.82) is 0 Å². The molecule has 134 valence electrons. The minimum Gasteiger partial charge on any atom is -0.483 e. The Bertz CT molecular complexity index is 683. The summed E-state index contributed by atoms with van der Waals surface area (Å²) in [6, 6.07) is 4.95. The average Bonchev–Trinajstić information content (AvgIpc) is 2.62. The Morgan fingerprint density at radius 3 is 2.64 bits per heavy atom. The number of likely N-dealkylation sites (tertiary alicyclic amines) is 1. The molecule has 1 aromatic carbocycles. The molecule has 1 aromatic rings. The summed E-state index contributed by atoms with van der Waals surface area (Å²) in [5.74, 6) is 0.303. The molecule has 2 heterocycles. The van der Waals surface area contributed by atoms with Crippen LogP contribution in [0, 0.1) is 6.92 Å². The lowest BCUT2D eigenvalue weighted by Crippen LogP contribution is -2.49. The van der Waals surface area contributed by atoms with Gasteiger partial charge in [-0.3, -0.25) is 19.8 Å². The summed E-state index contributed by atoms with van der Waals surface area (Å²) in [5, 5.41) is 2.31. The van der Waals surface area contributed by atoms with Crippen LogP contribution >= 0.6 is 0 Å². The van der Waals surface area contributed by atoms with Gasteiger partial charge in [-0.05, 0) is 38.3 Å². The minimum atomic E-state index is -0.430. The number of rotatable bonds is 4. The average molecular weight is 345 g/mol. The maximum absolute atomic E-state index is 12.2. The molecule has 2 saturated heterocycles. The molecule has 0 aromatic heterocycles. The number of urea groups is 1. The highest BCUT2D eigenvalue weighted by molar-refractivity contribution is 6.06. The molecule has 2 aliphatic heterocycles. The Morgan fingerprint density at radius 1 is 1.16 bits per heavy atom. The minimum absolute atomic E-state index is 0.00498. The second-order valence-corrected chi connectivity index (χ2v) is 6.39. The molecule has 25 heavy (non-hydrogen) atoms. The lowest BCUT2D eigenvalue weighted by Gasteiger charge is -2.29. The monoisotopic (exact) mass is 345 g/mol. The van der Waals surface area contributed by atoms with E-state index in [9.17, 15) is 14.4 Å². The smallest absolute Gasteiger partial charge is 0.328 e. The van der Waals surface area contributed by atoms with Gasteiger partial charge in [0.2, 0.25) is 5.91 Å². The Morgan fingerprint density at radius 2 is 1.92 bits per heavy atom. The molecule has 0 radical (unpaired) electrons. The molecule has 0 atom stereocenters. The Balaban J connectivity index is 1.67. The first-order chi connectivity index (χ1) is 12.1. The third-order valence-electron chi connectivity index (χ3n) is 4.66. The molecule has 0 spiro atoms. The van der Waals surface area contributed by atoms with Crippen LogP contribution in [0.5, 0.6) is 5.75 Å². The van der Waals surface area contributed by atoms with E-state index in [2.05, 4.69) is 5.32 Å². The molecule has 7 nitrogen and oxygen atoms in total. The number of nitrogens with one attached hydrogen (secondary N) is 1. The number of ether oxygens (including phenoxy) is 1. The second-order valence-electron chi connectivity index (χ2n) is 6.39. The van der Waals surface area contributed by atoms with Crippen LogP contribution < -0.4 is 15.0 Å². The maximum Gasteiger partial charge on any atom is 0.328 e. The molecule has 4 amide bonds. The molecular weight excluding hydrogens is 322 g/mol. The molecule has 0 aliphatic carbocycles. The molecule has 3 rings (SSSR count). The van der Waals surface area contributed by atoms with E-state index in [0.717, 1.165) is 31.5 Å². The van der Waals surface area contributed by atoms with E-state index < -0.39 is 6.03 Å². The number of piperidine rings is 1. The van der Waals surface area contributed by atoms with Crippen molar-refractivity contribution in [3.63, 3.8) is 0 Å². The number of benzene rings is 1. The Hall–Kier alpha value is -2.57. The largest absolute Gasteiger partial charge is 0.483 e. The van der Waals surface area contributed by atoms with Gasteiger partial charge in [-0.1, -0.05) is 6.07 Å². The third kappa shape index (κ3) is 3.92. The van der Waals surface area contributed by atoms with Crippen LogP contribution in [0.4, 0.5) is 10.5 Å². The van der Waals surface area contributed by atoms with Crippen LogP contribution in [0.1, 0.15) is 31.2 Å². The van der Waals surface area contributed by atoms with Gasteiger partial charge in [0, 0.05) is 31.6 Å².